The summed E-state index contributed by atoms with van der Waals surface area (Å²) >= 11 is 25.8. The van der Waals surface area contributed by atoms with Crippen LogP contribution in [-0.2, 0) is 0 Å². The minimum atomic E-state index is -1.14. The van der Waals surface area contributed by atoms with Crippen molar-refractivity contribution >= 4 is 69.2 Å². The summed E-state index contributed by atoms with van der Waals surface area (Å²) in [5.74, 6) is 0. The molecule has 0 radical (unpaired) electrons. The zero-order valence-corrected chi connectivity index (χ0v) is 21.7. The van der Waals surface area contributed by atoms with Gasteiger partial charge in [0, 0.05) is 12.1 Å². The van der Waals surface area contributed by atoms with Crippen molar-refractivity contribution < 1.29 is 19.7 Å². The first-order valence-electron chi connectivity index (χ1n) is 10.3. The van der Waals surface area contributed by atoms with Gasteiger partial charge < -0.3 is 0 Å². The maximum atomic E-state index is 11.5. The van der Waals surface area contributed by atoms with E-state index in [-0.39, 0.29) is 11.1 Å². The Bertz CT molecular complexity index is 1320. The molecule has 0 saturated carbocycles. The van der Waals surface area contributed by atoms with Gasteiger partial charge in [-0.05, 0) is 23.3 Å². The predicted molar refractivity (Wildman–Crippen MR) is 140 cm³/mol. The third kappa shape index (κ3) is 6.10. The number of nitro groups is 4. The van der Waals surface area contributed by atoms with E-state index in [1.807, 2.05) is 0 Å². The molecule has 0 spiro atoms. The van der Waals surface area contributed by atoms with Crippen molar-refractivity contribution in [3.05, 3.63) is 123 Å². The Kier molecular flexibility index (Phi) is 9.05. The quantitative estimate of drug-likeness (QED) is 0.128. The Balaban J connectivity index is 1.86. The maximum absolute atomic E-state index is 11.5. The van der Waals surface area contributed by atoms with Crippen molar-refractivity contribution in [2.75, 3.05) is 0 Å². The highest BCUT2D eigenvalue weighted by atomic mass is 35.5. The molecule has 38 heavy (non-hydrogen) atoms. The largest absolute Gasteiger partial charge is 0.281 e. The first-order chi connectivity index (χ1) is 17.8. The van der Waals surface area contributed by atoms with Crippen molar-refractivity contribution in [2.24, 2.45) is 0 Å². The van der Waals surface area contributed by atoms with Crippen molar-refractivity contribution in [1.82, 2.24) is 0 Å². The molecule has 0 aliphatic carbocycles. The lowest BCUT2D eigenvalue weighted by Crippen LogP contribution is -2.06. The van der Waals surface area contributed by atoms with Crippen LogP contribution in [0.4, 0.5) is 22.7 Å². The minimum absolute atomic E-state index is 0.0205. The van der Waals surface area contributed by atoms with E-state index in [9.17, 15) is 40.5 Å². The van der Waals surface area contributed by atoms with Crippen LogP contribution in [0.3, 0.4) is 0 Å². The lowest BCUT2D eigenvalue weighted by Gasteiger charge is -2.20. The number of hydrogen-bond donors (Lipinski definition) is 0. The first kappa shape index (κ1) is 29.0. The van der Waals surface area contributed by atoms with Crippen LogP contribution in [-0.4, -0.2) is 19.7 Å². The lowest BCUT2D eigenvalue weighted by atomic mass is 9.97. The summed E-state index contributed by atoms with van der Waals surface area (Å²) in [6.45, 7) is 0. The summed E-state index contributed by atoms with van der Waals surface area (Å²) in [6, 6.07) is 12.2. The molecule has 4 atom stereocenters. The zero-order valence-electron chi connectivity index (χ0n) is 18.6. The predicted octanol–water partition coefficient (Wildman–Crippen LogP) is 7.84. The van der Waals surface area contributed by atoms with Crippen LogP contribution >= 0.6 is 46.4 Å². The molecule has 0 heterocycles. The molecule has 3 aromatic rings. The van der Waals surface area contributed by atoms with E-state index < -0.39 is 64.0 Å². The fourth-order valence-corrected chi connectivity index (χ4v) is 4.81. The van der Waals surface area contributed by atoms with E-state index in [0.29, 0.717) is 11.1 Å². The Morgan fingerprint density at radius 1 is 0.474 bits per heavy atom. The number of hydrogen-bond acceptors (Lipinski definition) is 8. The second kappa shape index (κ2) is 11.9. The van der Waals surface area contributed by atoms with E-state index >= 15 is 0 Å². The molecular weight excluding hydrogens is 590 g/mol. The monoisotopic (exact) mass is 602 g/mol. The van der Waals surface area contributed by atoms with Crippen LogP contribution in [0.2, 0.25) is 0 Å². The number of alkyl halides is 4. The van der Waals surface area contributed by atoms with Crippen LogP contribution in [0, 0.1) is 40.5 Å². The molecule has 0 amide bonds. The third-order valence-electron chi connectivity index (χ3n) is 5.52. The van der Waals surface area contributed by atoms with E-state index in [0.717, 1.165) is 24.3 Å². The second-order valence-electron chi connectivity index (χ2n) is 7.79. The molecule has 16 heteroatoms. The molecule has 0 N–H and O–H groups in total. The first-order valence-corrected chi connectivity index (χ1v) is 12.1. The zero-order chi connectivity index (χ0) is 28.3. The van der Waals surface area contributed by atoms with Crippen LogP contribution in [0.5, 0.6) is 0 Å². The van der Waals surface area contributed by atoms with Gasteiger partial charge in [0.05, 0.1) is 64.5 Å². The summed E-state index contributed by atoms with van der Waals surface area (Å²) in [6.07, 6.45) is 0. The van der Waals surface area contributed by atoms with Gasteiger partial charge in [0.2, 0.25) is 0 Å². The summed E-state index contributed by atoms with van der Waals surface area (Å²) < 4.78 is 0. The molecule has 3 rings (SSSR count). The molecule has 0 aliphatic heterocycles. The van der Waals surface area contributed by atoms with Gasteiger partial charge >= 0.3 is 0 Å². The molecule has 0 saturated heterocycles. The second-order valence-corrected chi connectivity index (χ2v) is 9.67. The average Bonchev–Trinajstić information content (AvgIpc) is 2.90. The van der Waals surface area contributed by atoms with Crippen LogP contribution in [0.1, 0.15) is 43.8 Å². The van der Waals surface area contributed by atoms with Gasteiger partial charge in [-0.3, -0.25) is 40.5 Å². The summed E-state index contributed by atoms with van der Waals surface area (Å²) in [7, 11) is 0. The standard InChI is InChI=1S/C22H14Cl4N4O8/c23-19(21(25)15-7-5-13(27(31)32)9-17(15)29(35)36)11-1-2-12(4-3-11)20(24)22(26)16-8-6-14(28(33)34)10-18(16)30(37)38/h1-10,19-22H/t19-,20-,21-,22+/m1/s1. The molecule has 0 aromatic heterocycles. The van der Waals surface area contributed by atoms with Gasteiger partial charge in [0.25, 0.3) is 22.7 Å². The number of rotatable bonds is 10. The minimum Gasteiger partial charge on any atom is -0.258 e. The molecule has 0 unspecified atom stereocenters. The van der Waals surface area contributed by atoms with Gasteiger partial charge in [-0.2, -0.15) is 0 Å². The smallest absolute Gasteiger partial charge is 0.258 e. The van der Waals surface area contributed by atoms with Gasteiger partial charge in [0.15, 0.2) is 0 Å². The van der Waals surface area contributed by atoms with Crippen molar-refractivity contribution in [3.63, 3.8) is 0 Å². The summed E-state index contributed by atoms with van der Waals surface area (Å²) in [5, 5.41) is 40.6. The molecule has 0 bridgehead atoms. The maximum Gasteiger partial charge on any atom is 0.281 e. The van der Waals surface area contributed by atoms with Crippen LogP contribution < -0.4 is 0 Å². The number of nitrogens with zero attached hydrogens (tertiary/aromatic N) is 4. The number of halogens is 4. The molecule has 0 aliphatic rings. The topological polar surface area (TPSA) is 173 Å². The van der Waals surface area contributed by atoms with Crippen LogP contribution in [0.15, 0.2) is 60.7 Å². The molecule has 12 nitrogen and oxygen atoms in total. The van der Waals surface area contributed by atoms with Gasteiger partial charge in [-0.1, -0.05) is 24.3 Å². The number of benzene rings is 3. The molecule has 0 fully saturated rings. The average molecular weight is 604 g/mol. The Morgan fingerprint density at radius 2 is 0.789 bits per heavy atom. The third-order valence-corrected chi connectivity index (χ3v) is 7.76. The molecular formula is C22H14Cl4N4O8. The molecule has 3 aromatic carbocycles. The summed E-state index contributed by atoms with van der Waals surface area (Å²) in [5.41, 5.74) is -1.25. The van der Waals surface area contributed by atoms with E-state index in [2.05, 4.69) is 0 Å². The molecule has 198 valence electrons. The van der Waals surface area contributed by atoms with E-state index in [1.165, 1.54) is 36.4 Å². The Labute approximate surface area is 233 Å². The fourth-order valence-electron chi connectivity index (χ4n) is 3.59. The van der Waals surface area contributed by atoms with E-state index in [1.54, 1.807) is 0 Å². The number of non-ortho nitro benzene ring substituents is 2. The van der Waals surface area contributed by atoms with Crippen LogP contribution in [0.25, 0.3) is 0 Å². The highest BCUT2D eigenvalue weighted by Gasteiger charge is 2.32. The highest BCUT2D eigenvalue weighted by Crippen LogP contribution is 2.46. The van der Waals surface area contributed by atoms with E-state index in [4.69, 9.17) is 46.4 Å². The van der Waals surface area contributed by atoms with Crippen molar-refractivity contribution in [1.29, 1.82) is 0 Å². The number of nitro benzene ring substituents is 4. The summed E-state index contributed by atoms with van der Waals surface area (Å²) in [4.78, 5) is 41.7. The fraction of sp³-hybridized carbons (Fsp3) is 0.182. The lowest BCUT2D eigenvalue weighted by molar-refractivity contribution is -0.394. The SMILES string of the molecule is O=[N+]([O-])c1ccc([C@@H](Cl)[C@H](Cl)c2ccc([C@@H](Cl)[C@@H](Cl)c3ccc([N+](=O)[O-])cc3[N+](=O)[O-])cc2)c([N+](=O)[O-])c1. The Hall–Kier alpha value is -3.58. The van der Waals surface area contributed by atoms with Crippen molar-refractivity contribution in [3.8, 4) is 0 Å². The Morgan fingerprint density at radius 3 is 1.05 bits per heavy atom. The highest BCUT2D eigenvalue weighted by molar-refractivity contribution is 6.31. The van der Waals surface area contributed by atoms with Gasteiger partial charge in [0.1, 0.15) is 0 Å². The normalized spacial score (nSPS) is 14.2. The van der Waals surface area contributed by atoms with Gasteiger partial charge in [-0.15, -0.1) is 46.4 Å². The van der Waals surface area contributed by atoms with Crippen molar-refractivity contribution in [2.45, 2.75) is 21.5 Å². The van der Waals surface area contributed by atoms with Gasteiger partial charge in [-0.25, -0.2) is 0 Å².